The number of nitrogens with one attached hydrogen (secondary N) is 1. The van der Waals surface area contributed by atoms with Gasteiger partial charge in [0.15, 0.2) is 0 Å². The first kappa shape index (κ1) is 23.9. The molecule has 0 atom stereocenters. The van der Waals surface area contributed by atoms with E-state index in [1.165, 1.54) is 12.1 Å². The lowest BCUT2D eigenvalue weighted by Gasteiger charge is -2.33. The molecule has 0 bridgehead atoms. The van der Waals surface area contributed by atoms with E-state index in [4.69, 9.17) is 16.6 Å². The molecule has 3 aromatic rings. The number of rotatable bonds is 7. The first-order chi connectivity index (χ1) is 16.2. The third-order valence-electron chi connectivity index (χ3n) is 5.16. The Bertz CT molecular complexity index is 1160. The number of anilines is 1. The van der Waals surface area contributed by atoms with Crippen LogP contribution in [0.1, 0.15) is 0 Å². The summed E-state index contributed by atoms with van der Waals surface area (Å²) in [5.41, 5.74) is 1.25. The van der Waals surface area contributed by atoms with E-state index in [1.807, 2.05) is 35.2 Å². The zero-order valence-corrected chi connectivity index (χ0v) is 18.8. The van der Waals surface area contributed by atoms with E-state index in [-0.39, 0.29) is 18.2 Å². The van der Waals surface area contributed by atoms with Crippen molar-refractivity contribution in [2.45, 2.75) is 13.0 Å². The molecule has 8 nitrogen and oxygen atoms in total. The summed E-state index contributed by atoms with van der Waals surface area (Å²) >= 11 is 5.30. The van der Waals surface area contributed by atoms with E-state index in [2.05, 4.69) is 20.1 Å². The first-order valence-corrected chi connectivity index (χ1v) is 10.9. The Kier molecular flexibility index (Phi) is 7.29. The van der Waals surface area contributed by atoms with Crippen LogP contribution in [0.3, 0.4) is 0 Å². The second kappa shape index (κ2) is 10.4. The van der Waals surface area contributed by atoms with Gasteiger partial charge in [-0.05, 0) is 48.6 Å². The monoisotopic (exact) mass is 493 g/mol. The lowest BCUT2D eigenvalue weighted by Crippen LogP contribution is -2.48. The molecule has 12 heteroatoms. The van der Waals surface area contributed by atoms with Crippen molar-refractivity contribution in [3.05, 3.63) is 59.4 Å². The van der Waals surface area contributed by atoms with Crippen LogP contribution in [-0.4, -0.2) is 64.6 Å². The van der Waals surface area contributed by atoms with E-state index in [0.717, 1.165) is 17.7 Å². The molecular formula is C22H22F3N5O3S. The summed E-state index contributed by atoms with van der Waals surface area (Å²) in [7, 11) is 0. The van der Waals surface area contributed by atoms with Crippen LogP contribution in [0.5, 0.6) is 5.75 Å². The number of carbonyl (C=O) groups excluding carboxylic acids is 1. The zero-order chi connectivity index (χ0) is 24.1. The molecule has 1 fully saturated rings. The second-order valence-corrected chi connectivity index (χ2v) is 8.04. The van der Waals surface area contributed by atoms with E-state index in [1.54, 1.807) is 4.68 Å². The van der Waals surface area contributed by atoms with Gasteiger partial charge in [0.1, 0.15) is 5.75 Å². The van der Waals surface area contributed by atoms with Crippen molar-refractivity contribution in [3.63, 3.8) is 0 Å². The molecule has 0 spiro atoms. The standard InChI is InChI=1S/C22H22F3N5O3S/c23-22(24,25)33-18-8-6-17(7-9-18)26-19(31)14-28-10-12-29(13-11-28)15-30-21(34)32-20(27-30)16-4-2-1-3-5-16/h1-9H,10-15H2,(H,26,31). The van der Waals surface area contributed by atoms with Crippen LogP contribution in [0.15, 0.2) is 59.0 Å². The number of amides is 1. The van der Waals surface area contributed by atoms with Crippen molar-refractivity contribution < 1.29 is 27.1 Å². The molecule has 1 N–H and O–H groups in total. The molecule has 1 amide bonds. The third-order valence-corrected chi connectivity index (χ3v) is 5.46. The SMILES string of the molecule is O=C(CN1CCN(Cn2nc(-c3ccccc3)oc2=S)CC1)Nc1ccc(OC(F)(F)F)cc1. The number of ether oxygens (including phenoxy) is 1. The lowest BCUT2D eigenvalue weighted by molar-refractivity contribution is -0.274. The quantitative estimate of drug-likeness (QED) is 0.499. The predicted octanol–water partition coefficient (Wildman–Crippen LogP) is 3.98. The molecule has 2 heterocycles. The summed E-state index contributed by atoms with van der Waals surface area (Å²) in [6.07, 6.45) is -4.75. The fraction of sp³-hybridized carbons (Fsp3) is 0.318. The molecule has 1 aliphatic rings. The van der Waals surface area contributed by atoms with E-state index in [9.17, 15) is 18.0 Å². The van der Waals surface area contributed by atoms with Crippen molar-refractivity contribution >= 4 is 23.8 Å². The molecule has 0 unspecified atom stereocenters. The maximum absolute atomic E-state index is 12.3. The maximum Gasteiger partial charge on any atom is 0.573 e. The van der Waals surface area contributed by atoms with Crippen molar-refractivity contribution in [2.24, 2.45) is 0 Å². The second-order valence-electron chi connectivity index (χ2n) is 7.69. The minimum absolute atomic E-state index is 0.177. The van der Waals surface area contributed by atoms with Crippen LogP contribution in [0.4, 0.5) is 18.9 Å². The molecule has 34 heavy (non-hydrogen) atoms. The van der Waals surface area contributed by atoms with Gasteiger partial charge in [-0.15, -0.1) is 18.3 Å². The highest BCUT2D eigenvalue weighted by atomic mass is 32.1. The Labute approximate surface area is 198 Å². The van der Waals surface area contributed by atoms with Crippen molar-refractivity contribution in [1.82, 2.24) is 19.6 Å². The van der Waals surface area contributed by atoms with Crippen molar-refractivity contribution in [3.8, 4) is 17.2 Å². The van der Waals surface area contributed by atoms with Crippen molar-refractivity contribution in [2.75, 3.05) is 38.0 Å². The van der Waals surface area contributed by atoms with Gasteiger partial charge in [-0.2, -0.15) is 0 Å². The highest BCUT2D eigenvalue weighted by Crippen LogP contribution is 2.24. The first-order valence-electron chi connectivity index (χ1n) is 10.5. The van der Waals surface area contributed by atoms with Gasteiger partial charge in [0.25, 0.3) is 4.84 Å². The van der Waals surface area contributed by atoms with Gasteiger partial charge in [-0.1, -0.05) is 18.2 Å². The largest absolute Gasteiger partial charge is 0.573 e. The summed E-state index contributed by atoms with van der Waals surface area (Å²) in [6.45, 7) is 3.43. The van der Waals surface area contributed by atoms with Crippen LogP contribution in [0.2, 0.25) is 0 Å². The van der Waals surface area contributed by atoms with Gasteiger partial charge >= 0.3 is 6.36 Å². The smallest absolute Gasteiger partial charge is 0.409 e. The molecule has 1 aromatic heterocycles. The molecule has 2 aromatic carbocycles. The fourth-order valence-electron chi connectivity index (χ4n) is 3.51. The lowest BCUT2D eigenvalue weighted by atomic mass is 10.2. The molecule has 1 saturated heterocycles. The predicted molar refractivity (Wildman–Crippen MR) is 121 cm³/mol. The molecule has 0 radical (unpaired) electrons. The number of hydrogen-bond acceptors (Lipinski definition) is 7. The Morgan fingerprint density at radius 1 is 1.03 bits per heavy atom. The Morgan fingerprint density at radius 3 is 2.32 bits per heavy atom. The van der Waals surface area contributed by atoms with Gasteiger partial charge in [-0.25, -0.2) is 4.68 Å². The number of carbonyl (C=O) groups is 1. The molecule has 4 rings (SSSR count). The van der Waals surface area contributed by atoms with Gasteiger partial charge in [0, 0.05) is 37.4 Å². The van der Waals surface area contributed by atoms with E-state index in [0.29, 0.717) is 49.3 Å². The number of nitrogens with zero attached hydrogens (tertiary/aromatic N) is 4. The minimum atomic E-state index is -4.75. The van der Waals surface area contributed by atoms with Crippen LogP contribution >= 0.6 is 12.2 Å². The van der Waals surface area contributed by atoms with Crippen molar-refractivity contribution in [1.29, 1.82) is 0 Å². The minimum Gasteiger partial charge on any atom is -0.409 e. The van der Waals surface area contributed by atoms with Gasteiger partial charge in [-0.3, -0.25) is 14.6 Å². The van der Waals surface area contributed by atoms with E-state index < -0.39 is 6.36 Å². The molecule has 0 saturated carbocycles. The number of benzene rings is 2. The molecule has 180 valence electrons. The number of halogens is 3. The van der Waals surface area contributed by atoms with Crippen LogP contribution < -0.4 is 10.1 Å². The summed E-state index contributed by atoms with van der Waals surface area (Å²) in [6, 6.07) is 14.6. The average Bonchev–Trinajstić information content (AvgIpc) is 3.16. The normalized spacial score (nSPS) is 15.3. The van der Waals surface area contributed by atoms with E-state index >= 15 is 0 Å². The molecule has 0 aliphatic carbocycles. The number of alkyl halides is 3. The highest BCUT2D eigenvalue weighted by Gasteiger charge is 2.31. The van der Waals surface area contributed by atoms with Gasteiger partial charge in [0.2, 0.25) is 11.8 Å². The topological polar surface area (TPSA) is 75.8 Å². The van der Waals surface area contributed by atoms with Gasteiger partial charge in [0.05, 0.1) is 13.2 Å². The fourth-order valence-corrected chi connectivity index (χ4v) is 3.69. The summed E-state index contributed by atoms with van der Waals surface area (Å²) < 4.78 is 47.8. The number of piperazine rings is 1. The average molecular weight is 494 g/mol. The Balaban J connectivity index is 1.23. The maximum atomic E-state index is 12.3. The molecule has 1 aliphatic heterocycles. The zero-order valence-electron chi connectivity index (χ0n) is 18.0. The Hall–Kier alpha value is -3.22. The molecular weight excluding hydrogens is 471 g/mol. The van der Waals surface area contributed by atoms with Crippen LogP contribution in [0, 0.1) is 4.84 Å². The summed E-state index contributed by atoms with van der Waals surface area (Å²) in [4.78, 5) is 16.8. The Morgan fingerprint density at radius 2 is 1.68 bits per heavy atom. The summed E-state index contributed by atoms with van der Waals surface area (Å²) in [5.74, 6) is -0.118. The number of aromatic nitrogens is 2. The van der Waals surface area contributed by atoms with Gasteiger partial charge < -0.3 is 14.5 Å². The number of hydrogen-bond donors (Lipinski definition) is 1. The highest BCUT2D eigenvalue weighted by molar-refractivity contribution is 7.71. The summed E-state index contributed by atoms with van der Waals surface area (Å²) in [5, 5.41) is 7.15. The third kappa shape index (κ3) is 6.65. The van der Waals surface area contributed by atoms with Crippen LogP contribution in [-0.2, 0) is 11.5 Å². The van der Waals surface area contributed by atoms with Crippen LogP contribution in [0.25, 0.3) is 11.5 Å².